The normalized spacial score (nSPS) is 16.1. The molecule has 118 valence electrons. The van der Waals surface area contributed by atoms with Crippen LogP contribution in [0.25, 0.3) is 0 Å². The van der Waals surface area contributed by atoms with Crippen LogP contribution in [-0.4, -0.2) is 19.1 Å². The number of benzene rings is 1. The molecule has 0 heterocycles. The lowest BCUT2D eigenvalue weighted by Crippen LogP contribution is -2.36. The van der Waals surface area contributed by atoms with Crippen molar-refractivity contribution in [3.05, 3.63) is 29.3 Å². The second-order valence-corrected chi connectivity index (χ2v) is 6.37. The Balaban J connectivity index is 2.05. The van der Waals surface area contributed by atoms with Gasteiger partial charge in [0.15, 0.2) is 0 Å². The van der Waals surface area contributed by atoms with Gasteiger partial charge < -0.3 is 10.2 Å². The van der Waals surface area contributed by atoms with Crippen LogP contribution >= 0.6 is 0 Å². The Kier molecular flexibility index (Phi) is 6.56. The predicted molar refractivity (Wildman–Crippen MR) is 93.1 cm³/mol. The molecule has 1 aliphatic carbocycles. The molecule has 21 heavy (non-hydrogen) atoms. The fourth-order valence-corrected chi connectivity index (χ4v) is 3.50. The largest absolute Gasteiger partial charge is 0.369 e. The van der Waals surface area contributed by atoms with Crippen molar-refractivity contribution in [3.63, 3.8) is 0 Å². The molecule has 1 aromatic rings. The predicted octanol–water partition coefficient (Wildman–Crippen LogP) is 4.65. The van der Waals surface area contributed by atoms with E-state index in [4.69, 9.17) is 0 Å². The van der Waals surface area contributed by atoms with Gasteiger partial charge in [-0.25, -0.2) is 0 Å². The maximum absolute atomic E-state index is 3.50. The summed E-state index contributed by atoms with van der Waals surface area (Å²) in [4.78, 5) is 2.62. The number of anilines is 1. The van der Waals surface area contributed by atoms with Crippen LogP contribution in [0.3, 0.4) is 0 Å². The Morgan fingerprint density at radius 3 is 2.52 bits per heavy atom. The maximum atomic E-state index is 3.50. The minimum Gasteiger partial charge on any atom is -0.369 e. The van der Waals surface area contributed by atoms with Crippen molar-refractivity contribution in [1.82, 2.24) is 5.32 Å². The van der Waals surface area contributed by atoms with Gasteiger partial charge in [-0.05, 0) is 62.9 Å². The van der Waals surface area contributed by atoms with E-state index < -0.39 is 0 Å². The van der Waals surface area contributed by atoms with E-state index in [1.165, 1.54) is 55.3 Å². The SMILES string of the molecule is CCCNCc1ccc(N(CC)C2CCCCC2)cc1C. The summed E-state index contributed by atoms with van der Waals surface area (Å²) >= 11 is 0. The van der Waals surface area contributed by atoms with E-state index >= 15 is 0 Å². The molecule has 0 bridgehead atoms. The highest BCUT2D eigenvalue weighted by molar-refractivity contribution is 5.51. The third-order valence-electron chi connectivity index (χ3n) is 4.76. The molecule has 0 saturated heterocycles. The molecular weight excluding hydrogens is 256 g/mol. The lowest BCUT2D eigenvalue weighted by atomic mass is 9.93. The Hall–Kier alpha value is -1.02. The molecule has 1 N–H and O–H groups in total. The zero-order valence-electron chi connectivity index (χ0n) is 14.1. The molecule has 0 atom stereocenters. The first-order valence-electron chi connectivity index (χ1n) is 8.83. The molecule has 2 nitrogen and oxygen atoms in total. The summed E-state index contributed by atoms with van der Waals surface area (Å²) in [7, 11) is 0. The smallest absolute Gasteiger partial charge is 0.0371 e. The molecule has 1 saturated carbocycles. The second-order valence-electron chi connectivity index (χ2n) is 6.37. The quantitative estimate of drug-likeness (QED) is 0.734. The van der Waals surface area contributed by atoms with Crippen molar-refractivity contribution in [2.24, 2.45) is 0 Å². The van der Waals surface area contributed by atoms with Crippen LogP contribution in [0.1, 0.15) is 63.5 Å². The Morgan fingerprint density at radius 1 is 1.14 bits per heavy atom. The van der Waals surface area contributed by atoms with Crippen LogP contribution in [0.2, 0.25) is 0 Å². The maximum Gasteiger partial charge on any atom is 0.0371 e. The van der Waals surface area contributed by atoms with Crippen LogP contribution < -0.4 is 10.2 Å². The Morgan fingerprint density at radius 2 is 1.90 bits per heavy atom. The number of nitrogens with zero attached hydrogens (tertiary/aromatic N) is 1. The highest BCUT2D eigenvalue weighted by Gasteiger charge is 2.20. The highest BCUT2D eigenvalue weighted by Crippen LogP contribution is 2.28. The van der Waals surface area contributed by atoms with Gasteiger partial charge in [0.2, 0.25) is 0 Å². The average Bonchev–Trinajstić information content (AvgIpc) is 2.51. The molecular formula is C19H32N2. The Labute approximate surface area is 130 Å². The summed E-state index contributed by atoms with van der Waals surface area (Å²) in [6.45, 7) is 9.98. The molecule has 0 radical (unpaired) electrons. The molecule has 2 rings (SSSR count). The van der Waals surface area contributed by atoms with Gasteiger partial charge in [-0.1, -0.05) is 32.3 Å². The number of nitrogens with one attached hydrogen (secondary N) is 1. The third-order valence-corrected chi connectivity index (χ3v) is 4.76. The molecule has 0 aromatic heterocycles. The van der Waals surface area contributed by atoms with Crippen LogP contribution in [0.4, 0.5) is 5.69 Å². The van der Waals surface area contributed by atoms with Crippen LogP contribution in [0, 0.1) is 6.92 Å². The van der Waals surface area contributed by atoms with Crippen LogP contribution in [0.15, 0.2) is 18.2 Å². The van der Waals surface area contributed by atoms with Crippen LogP contribution in [-0.2, 0) is 6.54 Å². The van der Waals surface area contributed by atoms with Crippen LogP contribution in [0.5, 0.6) is 0 Å². The fourth-order valence-electron chi connectivity index (χ4n) is 3.50. The topological polar surface area (TPSA) is 15.3 Å². The van der Waals surface area contributed by atoms with Crippen molar-refractivity contribution in [2.75, 3.05) is 18.0 Å². The van der Waals surface area contributed by atoms with Crippen molar-refractivity contribution in [3.8, 4) is 0 Å². The fraction of sp³-hybridized carbons (Fsp3) is 0.684. The summed E-state index contributed by atoms with van der Waals surface area (Å²) in [5.41, 5.74) is 4.28. The summed E-state index contributed by atoms with van der Waals surface area (Å²) in [5, 5.41) is 3.50. The lowest BCUT2D eigenvalue weighted by molar-refractivity contribution is 0.418. The van der Waals surface area contributed by atoms with E-state index in [1.54, 1.807) is 0 Å². The summed E-state index contributed by atoms with van der Waals surface area (Å²) in [5.74, 6) is 0. The first-order chi connectivity index (χ1) is 10.3. The zero-order valence-corrected chi connectivity index (χ0v) is 14.1. The number of rotatable bonds is 7. The molecule has 2 heteroatoms. The van der Waals surface area contributed by atoms with E-state index in [2.05, 4.69) is 49.2 Å². The molecule has 1 aromatic carbocycles. The van der Waals surface area contributed by atoms with E-state index in [9.17, 15) is 0 Å². The highest BCUT2D eigenvalue weighted by atomic mass is 15.2. The standard InChI is InChI=1S/C19H32N2/c1-4-13-20-15-17-11-12-19(14-16(17)3)21(5-2)18-9-7-6-8-10-18/h11-12,14,18,20H,4-10,13,15H2,1-3H3. The zero-order chi connectivity index (χ0) is 15.1. The van der Waals surface area contributed by atoms with Gasteiger partial charge in [0, 0.05) is 24.8 Å². The summed E-state index contributed by atoms with van der Waals surface area (Å²) in [6, 6.07) is 7.79. The molecule has 0 aliphatic heterocycles. The van der Waals surface area contributed by atoms with Gasteiger partial charge in [-0.15, -0.1) is 0 Å². The average molecular weight is 288 g/mol. The van der Waals surface area contributed by atoms with E-state index in [0.717, 1.165) is 25.7 Å². The van der Waals surface area contributed by atoms with Crippen molar-refractivity contribution >= 4 is 5.69 Å². The van der Waals surface area contributed by atoms with Gasteiger partial charge >= 0.3 is 0 Å². The minimum atomic E-state index is 0.757. The molecule has 1 aliphatic rings. The van der Waals surface area contributed by atoms with E-state index in [1.807, 2.05) is 0 Å². The first-order valence-corrected chi connectivity index (χ1v) is 8.83. The third kappa shape index (κ3) is 4.47. The van der Waals surface area contributed by atoms with E-state index in [-0.39, 0.29) is 0 Å². The van der Waals surface area contributed by atoms with Gasteiger partial charge in [0.25, 0.3) is 0 Å². The summed E-state index contributed by atoms with van der Waals surface area (Å²) in [6.07, 6.45) is 8.16. The monoisotopic (exact) mass is 288 g/mol. The minimum absolute atomic E-state index is 0.757. The number of hydrogen-bond donors (Lipinski definition) is 1. The Bertz CT molecular complexity index is 422. The van der Waals surface area contributed by atoms with Gasteiger partial charge in [0.05, 0.1) is 0 Å². The van der Waals surface area contributed by atoms with Crippen molar-refractivity contribution in [1.29, 1.82) is 0 Å². The molecule has 0 amide bonds. The second kappa shape index (κ2) is 8.43. The van der Waals surface area contributed by atoms with E-state index in [0.29, 0.717) is 0 Å². The molecule has 1 fully saturated rings. The van der Waals surface area contributed by atoms with Gasteiger partial charge in [-0.3, -0.25) is 0 Å². The lowest BCUT2D eigenvalue weighted by Gasteiger charge is -2.35. The van der Waals surface area contributed by atoms with Crippen molar-refractivity contribution < 1.29 is 0 Å². The first kappa shape index (κ1) is 16.4. The van der Waals surface area contributed by atoms with Crippen molar-refractivity contribution in [2.45, 2.75) is 71.9 Å². The molecule has 0 spiro atoms. The van der Waals surface area contributed by atoms with Gasteiger partial charge in [0.1, 0.15) is 0 Å². The van der Waals surface area contributed by atoms with Gasteiger partial charge in [-0.2, -0.15) is 0 Å². The summed E-state index contributed by atoms with van der Waals surface area (Å²) < 4.78 is 0. The molecule has 0 unspecified atom stereocenters. The number of aryl methyl sites for hydroxylation is 1. The number of hydrogen-bond acceptors (Lipinski definition) is 2.